The van der Waals surface area contributed by atoms with Crippen molar-refractivity contribution in [2.24, 2.45) is 17.8 Å². The summed E-state index contributed by atoms with van der Waals surface area (Å²) in [6, 6.07) is 7.64. The number of morpholine rings is 1. The van der Waals surface area contributed by atoms with E-state index in [1.165, 1.54) is 31.0 Å². The predicted octanol–water partition coefficient (Wildman–Crippen LogP) is 3.70. The van der Waals surface area contributed by atoms with Crippen LogP contribution in [0.4, 0.5) is 0 Å². The number of amides is 2. The summed E-state index contributed by atoms with van der Waals surface area (Å²) in [5.41, 5.74) is 0.543. The topological polar surface area (TPSA) is 70.7 Å². The molecule has 0 atom stereocenters. The van der Waals surface area contributed by atoms with Crippen LogP contribution in [0.2, 0.25) is 0 Å². The molecule has 0 radical (unpaired) electrons. The molecule has 4 bridgehead atoms. The van der Waals surface area contributed by atoms with Crippen LogP contribution in [0.3, 0.4) is 0 Å². The molecule has 0 unspecified atom stereocenters. The molecule has 4 saturated carbocycles. The van der Waals surface area contributed by atoms with Gasteiger partial charge < -0.3 is 15.4 Å². The second-order valence-electron chi connectivity index (χ2n) is 11.6. The van der Waals surface area contributed by atoms with Crippen molar-refractivity contribution in [2.75, 3.05) is 38.6 Å². The summed E-state index contributed by atoms with van der Waals surface area (Å²) in [6.07, 6.45) is 7.59. The number of carbonyl (C=O) groups excluding carboxylic acids is 2. The fourth-order valence-electron chi connectivity index (χ4n) is 7.19. The first-order valence-corrected chi connectivity index (χ1v) is 13.9. The van der Waals surface area contributed by atoms with Crippen LogP contribution in [-0.4, -0.2) is 66.4 Å². The maximum Gasteiger partial charge on any atom is 0.252 e. The van der Waals surface area contributed by atoms with Crippen molar-refractivity contribution in [3.05, 3.63) is 29.8 Å². The van der Waals surface area contributed by atoms with Crippen molar-refractivity contribution in [1.82, 2.24) is 15.5 Å². The largest absolute Gasteiger partial charge is 0.379 e. The minimum Gasteiger partial charge on any atom is -0.379 e. The van der Waals surface area contributed by atoms with Gasteiger partial charge in [-0.3, -0.25) is 14.5 Å². The van der Waals surface area contributed by atoms with Gasteiger partial charge in [0.25, 0.3) is 5.91 Å². The number of hydrogen-bond donors (Lipinski definition) is 2. The third-order valence-corrected chi connectivity index (χ3v) is 9.56. The molecule has 5 fully saturated rings. The quantitative estimate of drug-likeness (QED) is 0.550. The molecular formula is C27H39N3O3S. The Balaban J connectivity index is 1.15. The SMILES string of the molecule is CC(C)(CNC(=O)c1ccccc1SCC(=O)NC12CC3CC(CC(C3)C1)C2)N1CCOCC1. The van der Waals surface area contributed by atoms with Crippen molar-refractivity contribution in [3.63, 3.8) is 0 Å². The van der Waals surface area contributed by atoms with Gasteiger partial charge in [-0.2, -0.15) is 0 Å². The molecule has 2 N–H and O–H groups in total. The van der Waals surface area contributed by atoms with E-state index in [1.807, 2.05) is 24.3 Å². The van der Waals surface area contributed by atoms with Crippen LogP contribution >= 0.6 is 11.8 Å². The number of nitrogens with one attached hydrogen (secondary N) is 2. The van der Waals surface area contributed by atoms with E-state index in [4.69, 9.17) is 4.74 Å². The smallest absolute Gasteiger partial charge is 0.252 e. The lowest BCUT2D eigenvalue weighted by Crippen LogP contribution is -2.60. The van der Waals surface area contributed by atoms with Gasteiger partial charge in [0.15, 0.2) is 0 Å². The van der Waals surface area contributed by atoms with E-state index in [1.54, 1.807) is 0 Å². The van der Waals surface area contributed by atoms with Crippen molar-refractivity contribution >= 4 is 23.6 Å². The van der Waals surface area contributed by atoms with E-state index in [-0.39, 0.29) is 22.9 Å². The van der Waals surface area contributed by atoms with Crippen molar-refractivity contribution in [3.8, 4) is 0 Å². The van der Waals surface area contributed by atoms with Crippen LogP contribution in [0, 0.1) is 17.8 Å². The Morgan fingerprint density at radius 3 is 2.32 bits per heavy atom. The van der Waals surface area contributed by atoms with Crippen LogP contribution in [0.15, 0.2) is 29.2 Å². The molecule has 0 aromatic heterocycles. The molecule has 1 saturated heterocycles. The van der Waals surface area contributed by atoms with E-state index in [0.717, 1.165) is 68.2 Å². The first kappa shape index (κ1) is 24.1. The van der Waals surface area contributed by atoms with Crippen molar-refractivity contribution < 1.29 is 14.3 Å². The highest BCUT2D eigenvalue weighted by Crippen LogP contribution is 2.55. The second kappa shape index (κ2) is 9.82. The zero-order valence-corrected chi connectivity index (χ0v) is 21.4. The third-order valence-electron chi connectivity index (χ3n) is 8.48. The van der Waals surface area contributed by atoms with Crippen LogP contribution in [-0.2, 0) is 9.53 Å². The van der Waals surface area contributed by atoms with E-state index in [2.05, 4.69) is 29.4 Å². The summed E-state index contributed by atoms with van der Waals surface area (Å²) < 4.78 is 5.46. The molecule has 4 aliphatic carbocycles. The molecule has 1 aliphatic heterocycles. The second-order valence-corrected chi connectivity index (χ2v) is 12.6. The van der Waals surface area contributed by atoms with Crippen molar-refractivity contribution in [2.45, 2.75) is 68.3 Å². The third kappa shape index (κ3) is 5.31. The molecule has 0 spiro atoms. The Morgan fingerprint density at radius 1 is 1.06 bits per heavy atom. The molecule has 1 heterocycles. The Morgan fingerprint density at radius 2 is 1.68 bits per heavy atom. The fourth-order valence-corrected chi connectivity index (χ4v) is 8.04. The zero-order chi connectivity index (χ0) is 23.8. The van der Waals surface area contributed by atoms with Gasteiger partial charge in [-0.25, -0.2) is 0 Å². The normalized spacial score (nSPS) is 30.8. The fraction of sp³-hybridized carbons (Fsp3) is 0.704. The van der Waals surface area contributed by atoms with E-state index in [0.29, 0.717) is 17.9 Å². The number of hydrogen-bond acceptors (Lipinski definition) is 5. The lowest BCUT2D eigenvalue weighted by atomic mass is 9.53. The molecule has 6 nitrogen and oxygen atoms in total. The molecule has 34 heavy (non-hydrogen) atoms. The minimum absolute atomic E-state index is 0.0361. The van der Waals surface area contributed by atoms with Crippen LogP contribution < -0.4 is 10.6 Å². The van der Waals surface area contributed by atoms with Gasteiger partial charge in [0, 0.05) is 35.6 Å². The van der Waals surface area contributed by atoms with Crippen LogP contribution in [0.5, 0.6) is 0 Å². The van der Waals surface area contributed by atoms with Crippen LogP contribution in [0.1, 0.15) is 62.7 Å². The van der Waals surface area contributed by atoms with Gasteiger partial charge in [-0.1, -0.05) is 12.1 Å². The molecule has 7 heteroatoms. The van der Waals surface area contributed by atoms with E-state index < -0.39 is 0 Å². The van der Waals surface area contributed by atoms with Gasteiger partial charge in [0.2, 0.25) is 5.91 Å². The van der Waals surface area contributed by atoms with E-state index in [9.17, 15) is 9.59 Å². The molecule has 186 valence electrons. The van der Waals surface area contributed by atoms with Crippen LogP contribution in [0.25, 0.3) is 0 Å². The maximum absolute atomic E-state index is 13.1. The number of benzene rings is 1. The first-order valence-electron chi connectivity index (χ1n) is 13.0. The lowest BCUT2D eigenvalue weighted by molar-refractivity contribution is -0.124. The summed E-state index contributed by atoms with van der Waals surface area (Å²) in [5.74, 6) is 2.81. The predicted molar refractivity (Wildman–Crippen MR) is 135 cm³/mol. The average Bonchev–Trinajstić information content (AvgIpc) is 2.81. The number of carbonyl (C=O) groups is 2. The zero-order valence-electron chi connectivity index (χ0n) is 20.6. The highest BCUT2D eigenvalue weighted by atomic mass is 32.2. The molecular weight excluding hydrogens is 446 g/mol. The minimum atomic E-state index is -0.140. The molecule has 2 amide bonds. The molecule has 5 aliphatic rings. The highest BCUT2D eigenvalue weighted by molar-refractivity contribution is 8.00. The summed E-state index contributed by atoms with van der Waals surface area (Å²) in [5, 5.41) is 6.58. The maximum atomic E-state index is 13.1. The standard InChI is InChI=1S/C27H39N3O3S/c1-26(2,30-7-9-33-10-8-30)18-28-25(32)22-5-3-4-6-23(22)34-17-24(31)29-27-14-19-11-20(15-27)13-21(12-19)16-27/h3-6,19-21H,7-18H2,1-2H3,(H,28,32)(H,29,31). The Hall–Kier alpha value is -1.57. The number of ether oxygens (including phenoxy) is 1. The van der Waals surface area contributed by atoms with E-state index >= 15 is 0 Å². The van der Waals surface area contributed by atoms with Gasteiger partial charge >= 0.3 is 0 Å². The van der Waals surface area contributed by atoms with Gasteiger partial charge in [-0.15, -0.1) is 11.8 Å². The number of rotatable bonds is 8. The lowest BCUT2D eigenvalue weighted by Gasteiger charge is -2.56. The molecule has 6 rings (SSSR count). The molecule has 1 aromatic rings. The number of nitrogens with zero attached hydrogens (tertiary/aromatic N) is 1. The van der Waals surface area contributed by atoms with Crippen molar-refractivity contribution in [1.29, 1.82) is 0 Å². The van der Waals surface area contributed by atoms with Gasteiger partial charge in [0.05, 0.1) is 24.5 Å². The monoisotopic (exact) mass is 485 g/mol. The summed E-state index contributed by atoms with van der Waals surface area (Å²) >= 11 is 1.47. The average molecular weight is 486 g/mol. The summed E-state index contributed by atoms with van der Waals surface area (Å²) in [7, 11) is 0. The van der Waals surface area contributed by atoms with Gasteiger partial charge in [-0.05, 0) is 82.3 Å². The number of thioether (sulfide) groups is 1. The Kier molecular flexibility index (Phi) is 6.97. The van der Waals surface area contributed by atoms with Gasteiger partial charge in [0.1, 0.15) is 0 Å². The molecule has 1 aromatic carbocycles. The Bertz CT molecular complexity index is 877. The summed E-state index contributed by atoms with van der Waals surface area (Å²) in [6.45, 7) is 8.13. The Labute approximate surface area is 207 Å². The highest BCUT2D eigenvalue weighted by Gasteiger charge is 2.51. The summed E-state index contributed by atoms with van der Waals surface area (Å²) in [4.78, 5) is 29.3. The first-order chi connectivity index (χ1) is 16.3.